The van der Waals surface area contributed by atoms with E-state index in [9.17, 15) is 9.59 Å². The lowest BCUT2D eigenvalue weighted by Crippen LogP contribution is -2.29. The number of carbonyl (C=O) groups is 1. The van der Waals surface area contributed by atoms with E-state index in [0.29, 0.717) is 18.8 Å². The smallest absolute Gasteiger partial charge is 0.297 e. The fourth-order valence-corrected chi connectivity index (χ4v) is 2.14. The summed E-state index contributed by atoms with van der Waals surface area (Å²) in [6, 6.07) is 9.38. The van der Waals surface area contributed by atoms with Crippen LogP contribution in [0, 0.1) is 5.92 Å². The average Bonchev–Trinajstić information content (AvgIpc) is 2.49. The van der Waals surface area contributed by atoms with E-state index in [-0.39, 0.29) is 23.2 Å². The molecule has 116 valence electrons. The molecular formula is C16H20N4O2. The van der Waals surface area contributed by atoms with Gasteiger partial charge in [-0.25, -0.2) is 0 Å². The molecule has 0 fully saturated rings. The molecule has 0 radical (unpaired) electrons. The molecule has 2 aromatic rings. The molecule has 6 nitrogen and oxygen atoms in total. The fraction of sp³-hybridized carbons (Fsp3) is 0.375. The third kappa shape index (κ3) is 3.58. The van der Waals surface area contributed by atoms with Crippen molar-refractivity contribution in [2.24, 2.45) is 5.92 Å². The largest absolute Gasteiger partial charge is 0.305 e. The first kappa shape index (κ1) is 15.9. The Balaban J connectivity index is 2.37. The normalized spacial score (nSPS) is 10.7. The van der Waals surface area contributed by atoms with Crippen molar-refractivity contribution in [2.45, 2.75) is 33.7 Å². The zero-order valence-corrected chi connectivity index (χ0v) is 13.0. The van der Waals surface area contributed by atoms with Gasteiger partial charge in [-0.05, 0) is 12.8 Å². The Morgan fingerprint density at radius 3 is 2.50 bits per heavy atom. The van der Waals surface area contributed by atoms with E-state index in [0.717, 1.165) is 5.56 Å². The lowest BCUT2D eigenvalue weighted by molar-refractivity contribution is -0.116. The van der Waals surface area contributed by atoms with Gasteiger partial charge in [0.2, 0.25) is 11.7 Å². The van der Waals surface area contributed by atoms with Crippen molar-refractivity contribution in [2.75, 3.05) is 5.32 Å². The van der Waals surface area contributed by atoms with Gasteiger partial charge in [0.15, 0.2) is 5.82 Å². The Bertz CT molecular complexity index is 708. The van der Waals surface area contributed by atoms with Gasteiger partial charge in [-0.2, -0.15) is 0 Å². The molecule has 1 N–H and O–H groups in total. The predicted octanol–water partition coefficient (Wildman–Crippen LogP) is 2.31. The molecule has 0 aliphatic carbocycles. The van der Waals surface area contributed by atoms with Gasteiger partial charge in [0, 0.05) is 18.5 Å². The van der Waals surface area contributed by atoms with Gasteiger partial charge in [0.1, 0.15) is 0 Å². The van der Waals surface area contributed by atoms with Crippen molar-refractivity contribution in [3.63, 3.8) is 0 Å². The summed E-state index contributed by atoms with van der Waals surface area (Å²) in [5.74, 6) is 0.462. The molecule has 0 aliphatic rings. The molecule has 0 atom stereocenters. The molecule has 0 bridgehead atoms. The average molecular weight is 300 g/mol. The predicted molar refractivity (Wildman–Crippen MR) is 85.5 cm³/mol. The number of nitrogens with zero attached hydrogens (tertiary/aromatic N) is 3. The van der Waals surface area contributed by atoms with Crippen LogP contribution in [0.4, 0.5) is 5.82 Å². The van der Waals surface area contributed by atoms with E-state index < -0.39 is 0 Å². The molecule has 0 saturated carbocycles. The van der Waals surface area contributed by atoms with Crippen LogP contribution in [-0.2, 0) is 11.3 Å². The third-order valence-corrected chi connectivity index (χ3v) is 3.15. The number of rotatable bonds is 5. The van der Waals surface area contributed by atoms with Crippen LogP contribution in [0.15, 0.2) is 35.1 Å². The number of benzene rings is 1. The van der Waals surface area contributed by atoms with E-state index >= 15 is 0 Å². The zero-order chi connectivity index (χ0) is 16.1. The summed E-state index contributed by atoms with van der Waals surface area (Å²) >= 11 is 0. The number of anilines is 1. The van der Waals surface area contributed by atoms with Gasteiger partial charge in [-0.15, -0.1) is 10.2 Å². The summed E-state index contributed by atoms with van der Waals surface area (Å²) in [6.45, 7) is 6.18. The lowest BCUT2D eigenvalue weighted by Gasteiger charge is -2.11. The minimum atomic E-state index is -0.339. The van der Waals surface area contributed by atoms with Gasteiger partial charge in [-0.3, -0.25) is 14.2 Å². The monoisotopic (exact) mass is 300 g/mol. The molecule has 0 spiro atoms. The Labute approximate surface area is 129 Å². The van der Waals surface area contributed by atoms with E-state index in [4.69, 9.17) is 0 Å². The highest BCUT2D eigenvalue weighted by Crippen LogP contribution is 2.14. The Kier molecular flexibility index (Phi) is 5.04. The van der Waals surface area contributed by atoms with Gasteiger partial charge < -0.3 is 5.32 Å². The molecular weight excluding hydrogens is 280 g/mol. The first-order valence-electron chi connectivity index (χ1n) is 7.35. The molecule has 1 heterocycles. The maximum Gasteiger partial charge on any atom is 0.297 e. The summed E-state index contributed by atoms with van der Waals surface area (Å²) in [6.07, 6.45) is 0.341. The van der Waals surface area contributed by atoms with Crippen LogP contribution < -0.4 is 10.9 Å². The van der Waals surface area contributed by atoms with E-state index in [1.165, 1.54) is 4.57 Å². The van der Waals surface area contributed by atoms with Gasteiger partial charge in [0.05, 0.1) is 0 Å². The van der Waals surface area contributed by atoms with E-state index in [2.05, 4.69) is 15.5 Å². The highest BCUT2D eigenvalue weighted by Gasteiger charge is 2.15. The van der Waals surface area contributed by atoms with Crippen molar-refractivity contribution in [3.05, 3.63) is 40.7 Å². The Hall–Kier alpha value is -2.50. The number of hydrogen-bond acceptors (Lipinski definition) is 4. The molecule has 6 heteroatoms. The highest BCUT2D eigenvalue weighted by atomic mass is 16.2. The van der Waals surface area contributed by atoms with Crippen LogP contribution in [0.1, 0.15) is 27.2 Å². The third-order valence-electron chi connectivity index (χ3n) is 3.15. The maximum atomic E-state index is 12.5. The second kappa shape index (κ2) is 6.98. The number of hydrogen-bond donors (Lipinski definition) is 1. The van der Waals surface area contributed by atoms with Gasteiger partial charge >= 0.3 is 0 Å². The van der Waals surface area contributed by atoms with Crippen molar-refractivity contribution < 1.29 is 4.79 Å². The topological polar surface area (TPSA) is 76.9 Å². The van der Waals surface area contributed by atoms with Crippen LogP contribution in [0.25, 0.3) is 11.4 Å². The fourth-order valence-electron chi connectivity index (χ4n) is 2.14. The number of aromatic nitrogens is 3. The SMILES string of the molecule is CCn1c(-c2ccccc2)nnc(NC(=O)CC(C)C)c1=O. The number of nitrogens with one attached hydrogen (secondary N) is 1. The van der Waals surface area contributed by atoms with Crippen molar-refractivity contribution in [1.29, 1.82) is 0 Å². The standard InChI is InChI=1S/C16H20N4O2/c1-4-20-15(12-8-6-5-7-9-12)19-18-14(16(20)22)17-13(21)10-11(2)3/h5-9,11H,4,10H2,1-3H3,(H,17,18,21). The summed E-state index contributed by atoms with van der Waals surface area (Å²) < 4.78 is 1.51. The maximum absolute atomic E-state index is 12.5. The van der Waals surface area contributed by atoms with Gasteiger partial charge in [0.25, 0.3) is 5.56 Å². The van der Waals surface area contributed by atoms with Crippen molar-refractivity contribution in [3.8, 4) is 11.4 Å². The summed E-state index contributed by atoms with van der Waals surface area (Å²) in [7, 11) is 0. The van der Waals surface area contributed by atoms with Crippen LogP contribution in [0.5, 0.6) is 0 Å². The van der Waals surface area contributed by atoms with Crippen molar-refractivity contribution >= 4 is 11.7 Å². The molecule has 0 unspecified atom stereocenters. The molecule has 1 aromatic carbocycles. The number of carbonyl (C=O) groups excluding carboxylic acids is 1. The number of amides is 1. The van der Waals surface area contributed by atoms with Crippen LogP contribution in [0.2, 0.25) is 0 Å². The summed E-state index contributed by atoms with van der Waals surface area (Å²) in [5, 5.41) is 10.6. The lowest BCUT2D eigenvalue weighted by atomic mass is 10.1. The highest BCUT2D eigenvalue weighted by molar-refractivity contribution is 5.89. The summed E-state index contributed by atoms with van der Waals surface area (Å²) in [5.41, 5.74) is 0.475. The van der Waals surface area contributed by atoms with Crippen LogP contribution in [0.3, 0.4) is 0 Å². The minimum absolute atomic E-state index is 0.0211. The van der Waals surface area contributed by atoms with Crippen LogP contribution in [-0.4, -0.2) is 20.7 Å². The molecule has 2 rings (SSSR count). The molecule has 1 aromatic heterocycles. The second-order valence-corrected chi connectivity index (χ2v) is 5.43. The van der Waals surface area contributed by atoms with E-state index in [1.807, 2.05) is 51.1 Å². The molecule has 0 aliphatic heterocycles. The Morgan fingerprint density at radius 1 is 1.23 bits per heavy atom. The van der Waals surface area contributed by atoms with E-state index in [1.54, 1.807) is 0 Å². The van der Waals surface area contributed by atoms with Crippen molar-refractivity contribution in [1.82, 2.24) is 14.8 Å². The first-order valence-corrected chi connectivity index (χ1v) is 7.35. The zero-order valence-electron chi connectivity index (χ0n) is 13.0. The quantitative estimate of drug-likeness (QED) is 0.919. The molecule has 0 saturated heterocycles. The van der Waals surface area contributed by atoms with Crippen LogP contribution >= 0.6 is 0 Å². The first-order chi connectivity index (χ1) is 10.5. The minimum Gasteiger partial charge on any atom is -0.305 e. The summed E-state index contributed by atoms with van der Waals surface area (Å²) in [4.78, 5) is 24.3. The Morgan fingerprint density at radius 2 is 1.91 bits per heavy atom. The van der Waals surface area contributed by atoms with Gasteiger partial charge in [-0.1, -0.05) is 44.2 Å². The molecule has 1 amide bonds. The molecule has 22 heavy (non-hydrogen) atoms. The second-order valence-electron chi connectivity index (χ2n) is 5.43.